The fourth-order valence-corrected chi connectivity index (χ4v) is 4.23. The van der Waals surface area contributed by atoms with Crippen molar-refractivity contribution in [2.45, 2.75) is 18.9 Å². The molecule has 1 aromatic heterocycles. The highest BCUT2D eigenvalue weighted by Gasteiger charge is 2.42. The van der Waals surface area contributed by atoms with Gasteiger partial charge in [0.2, 0.25) is 0 Å². The number of aromatic carboxylic acids is 1. The van der Waals surface area contributed by atoms with Crippen LogP contribution in [-0.4, -0.2) is 16.8 Å². The van der Waals surface area contributed by atoms with E-state index in [9.17, 15) is 9.90 Å². The first-order chi connectivity index (χ1) is 13.2. The zero-order valence-corrected chi connectivity index (χ0v) is 14.6. The fourth-order valence-electron chi connectivity index (χ4n) is 4.23. The van der Waals surface area contributed by atoms with Crippen molar-refractivity contribution in [3.63, 3.8) is 0 Å². The Morgan fingerprint density at radius 2 is 2.00 bits per heavy atom. The summed E-state index contributed by atoms with van der Waals surface area (Å²) < 4.78 is 5.36. The Morgan fingerprint density at radius 1 is 1.15 bits per heavy atom. The molecule has 5 rings (SSSR count). The van der Waals surface area contributed by atoms with Gasteiger partial charge in [-0.25, -0.2) is 4.79 Å². The van der Waals surface area contributed by atoms with E-state index in [1.807, 2.05) is 30.3 Å². The van der Waals surface area contributed by atoms with Gasteiger partial charge >= 0.3 is 5.97 Å². The number of aryl methyl sites for hydroxylation is 1. The molecule has 3 aromatic rings. The number of hydrazone groups is 1. The first-order valence-electron chi connectivity index (χ1n) is 9.04. The predicted molar refractivity (Wildman–Crippen MR) is 102 cm³/mol. The van der Waals surface area contributed by atoms with Gasteiger partial charge < -0.3 is 9.52 Å². The van der Waals surface area contributed by atoms with E-state index >= 15 is 0 Å². The molecule has 2 atom stereocenters. The Bertz CT molecular complexity index is 1020. The minimum Gasteiger partial charge on any atom is -0.478 e. The second-order valence-corrected chi connectivity index (χ2v) is 6.99. The highest BCUT2D eigenvalue weighted by molar-refractivity contribution is 6.07. The van der Waals surface area contributed by atoms with Crippen LogP contribution >= 0.6 is 0 Å². The molecule has 5 heteroatoms. The third-order valence-corrected chi connectivity index (χ3v) is 5.47. The molecule has 0 fully saturated rings. The summed E-state index contributed by atoms with van der Waals surface area (Å²) in [5.74, 6) is -0.651. The average molecular weight is 358 g/mol. The van der Waals surface area contributed by atoms with Crippen LogP contribution in [0.4, 0.5) is 5.69 Å². The van der Waals surface area contributed by atoms with E-state index in [2.05, 4.69) is 17.1 Å². The van der Waals surface area contributed by atoms with Gasteiger partial charge in [0.1, 0.15) is 0 Å². The van der Waals surface area contributed by atoms with Gasteiger partial charge in [0, 0.05) is 17.0 Å². The third kappa shape index (κ3) is 2.54. The number of nitrogens with zero attached hydrogens (tertiary/aromatic N) is 2. The average Bonchev–Trinajstić information content (AvgIpc) is 3.35. The molecule has 1 aliphatic carbocycles. The number of benzene rings is 2. The fraction of sp³-hybridized carbons (Fsp3) is 0.182. The Labute approximate surface area is 156 Å². The maximum Gasteiger partial charge on any atom is 0.335 e. The number of carboxylic acid groups (broad SMARTS) is 1. The van der Waals surface area contributed by atoms with Crippen molar-refractivity contribution in [2.75, 3.05) is 5.01 Å². The van der Waals surface area contributed by atoms with Crippen molar-refractivity contribution in [1.82, 2.24) is 0 Å². The van der Waals surface area contributed by atoms with E-state index in [1.54, 1.807) is 24.7 Å². The van der Waals surface area contributed by atoms with Crippen LogP contribution in [0, 0.1) is 5.92 Å². The molecule has 0 saturated heterocycles. The number of hydrogen-bond donors (Lipinski definition) is 1. The number of furan rings is 1. The Kier molecular flexibility index (Phi) is 3.60. The summed E-state index contributed by atoms with van der Waals surface area (Å²) in [6.45, 7) is 0. The van der Waals surface area contributed by atoms with Crippen LogP contribution < -0.4 is 5.01 Å². The maximum atomic E-state index is 11.3. The third-order valence-electron chi connectivity index (χ3n) is 5.47. The molecule has 1 N–H and O–H groups in total. The zero-order chi connectivity index (χ0) is 18.4. The number of para-hydroxylation sites is 1. The quantitative estimate of drug-likeness (QED) is 0.748. The number of anilines is 1. The van der Waals surface area contributed by atoms with Crippen LogP contribution in [0.1, 0.15) is 39.5 Å². The van der Waals surface area contributed by atoms with E-state index in [1.165, 1.54) is 0 Å². The molecule has 0 bridgehead atoms. The Morgan fingerprint density at radius 3 is 2.74 bits per heavy atom. The van der Waals surface area contributed by atoms with Gasteiger partial charge in [0.05, 0.1) is 35.5 Å². The summed E-state index contributed by atoms with van der Waals surface area (Å²) in [4.78, 5) is 11.3. The molecule has 0 amide bonds. The predicted octanol–water partition coefficient (Wildman–Crippen LogP) is 4.51. The molecule has 2 aliphatic rings. The molecule has 2 aromatic carbocycles. The van der Waals surface area contributed by atoms with Crippen molar-refractivity contribution >= 4 is 17.4 Å². The first kappa shape index (κ1) is 15.9. The van der Waals surface area contributed by atoms with Gasteiger partial charge in [-0.05, 0) is 48.7 Å². The second-order valence-electron chi connectivity index (χ2n) is 6.99. The number of fused-ring (bicyclic) bond motifs is 3. The van der Waals surface area contributed by atoms with Crippen molar-refractivity contribution < 1.29 is 14.3 Å². The van der Waals surface area contributed by atoms with Crippen molar-refractivity contribution in [3.8, 4) is 0 Å². The Hall–Kier alpha value is -3.34. The van der Waals surface area contributed by atoms with E-state index in [0.717, 1.165) is 40.9 Å². The first-order valence-corrected chi connectivity index (χ1v) is 9.04. The van der Waals surface area contributed by atoms with Crippen LogP contribution in [0.15, 0.2) is 76.6 Å². The Balaban J connectivity index is 1.63. The van der Waals surface area contributed by atoms with Crippen LogP contribution in [-0.2, 0) is 6.42 Å². The summed E-state index contributed by atoms with van der Waals surface area (Å²) in [6.07, 6.45) is 5.26. The van der Waals surface area contributed by atoms with Crippen LogP contribution in [0.3, 0.4) is 0 Å². The number of carboxylic acids is 1. The van der Waals surface area contributed by atoms with Gasteiger partial charge in [0.15, 0.2) is 0 Å². The van der Waals surface area contributed by atoms with Gasteiger partial charge in [-0.15, -0.1) is 0 Å². The van der Waals surface area contributed by atoms with Gasteiger partial charge in [-0.1, -0.05) is 24.3 Å². The van der Waals surface area contributed by atoms with E-state index in [-0.39, 0.29) is 12.0 Å². The van der Waals surface area contributed by atoms with Crippen LogP contribution in [0.5, 0.6) is 0 Å². The molecular weight excluding hydrogens is 340 g/mol. The normalized spacial score (nSPS) is 20.7. The van der Waals surface area contributed by atoms with E-state index in [4.69, 9.17) is 9.52 Å². The monoisotopic (exact) mass is 358 g/mol. The smallest absolute Gasteiger partial charge is 0.335 e. The van der Waals surface area contributed by atoms with Crippen LogP contribution in [0.25, 0.3) is 0 Å². The molecule has 2 heterocycles. The summed E-state index contributed by atoms with van der Waals surface area (Å²) in [7, 11) is 0. The van der Waals surface area contributed by atoms with Crippen molar-refractivity contribution in [2.24, 2.45) is 11.0 Å². The second kappa shape index (κ2) is 6.13. The molecule has 0 radical (unpaired) electrons. The highest BCUT2D eigenvalue weighted by Crippen LogP contribution is 2.45. The molecule has 27 heavy (non-hydrogen) atoms. The van der Waals surface area contributed by atoms with Crippen molar-refractivity contribution in [3.05, 3.63) is 89.4 Å². The topological polar surface area (TPSA) is 66.0 Å². The molecular formula is C22H18N2O3. The van der Waals surface area contributed by atoms with Crippen LogP contribution in [0.2, 0.25) is 0 Å². The lowest BCUT2D eigenvalue weighted by atomic mass is 9.77. The summed E-state index contributed by atoms with van der Waals surface area (Å²) in [5.41, 5.74) is 5.62. The lowest BCUT2D eigenvalue weighted by molar-refractivity contribution is 0.0696. The molecule has 0 saturated carbocycles. The number of hydrogen-bond acceptors (Lipinski definition) is 4. The minimum absolute atomic E-state index is 0.0773. The lowest BCUT2D eigenvalue weighted by Crippen LogP contribution is -2.28. The molecule has 2 unspecified atom stereocenters. The zero-order valence-electron chi connectivity index (χ0n) is 14.6. The summed E-state index contributed by atoms with van der Waals surface area (Å²) in [5, 5.41) is 16.4. The lowest BCUT2D eigenvalue weighted by Gasteiger charge is -2.29. The number of carbonyl (C=O) groups is 1. The molecule has 1 aliphatic heterocycles. The van der Waals surface area contributed by atoms with Gasteiger partial charge in [-0.3, -0.25) is 5.01 Å². The van der Waals surface area contributed by atoms with E-state index in [0.29, 0.717) is 5.56 Å². The minimum atomic E-state index is -0.893. The van der Waals surface area contributed by atoms with E-state index < -0.39 is 5.97 Å². The molecule has 5 nitrogen and oxygen atoms in total. The number of rotatable bonds is 3. The SMILES string of the molecule is O=C(O)c1ccc2c(c1)CCC1C2=NN(c2ccccc2)C1c1ccoc1. The molecule has 134 valence electrons. The largest absolute Gasteiger partial charge is 0.478 e. The van der Waals surface area contributed by atoms with Crippen molar-refractivity contribution in [1.29, 1.82) is 0 Å². The summed E-state index contributed by atoms with van der Waals surface area (Å²) in [6, 6.07) is 17.6. The van der Waals surface area contributed by atoms with Gasteiger partial charge in [-0.2, -0.15) is 5.10 Å². The maximum absolute atomic E-state index is 11.3. The van der Waals surface area contributed by atoms with Gasteiger partial charge in [0.25, 0.3) is 0 Å². The summed E-state index contributed by atoms with van der Waals surface area (Å²) >= 11 is 0. The highest BCUT2D eigenvalue weighted by atomic mass is 16.4. The molecule has 0 spiro atoms. The standard InChI is InChI=1S/C22H18N2O3/c25-22(26)15-7-8-18-14(12-15)6-9-19-20(18)23-24(17-4-2-1-3-5-17)21(19)16-10-11-27-13-16/h1-5,7-8,10-13,19,21H,6,9H2,(H,25,26).